The molecule has 144 valence electrons. The van der Waals surface area contributed by atoms with Crippen LogP contribution in [0.4, 0.5) is 0 Å². The van der Waals surface area contributed by atoms with E-state index in [4.69, 9.17) is 11.6 Å². The Hall–Kier alpha value is -1.37. The Labute approximate surface area is 161 Å². The molecule has 0 heterocycles. The van der Waals surface area contributed by atoms with Crippen molar-refractivity contribution in [3.63, 3.8) is 0 Å². The molecule has 0 spiro atoms. The van der Waals surface area contributed by atoms with E-state index >= 15 is 0 Å². The van der Waals surface area contributed by atoms with Crippen LogP contribution in [0.15, 0.2) is 35.9 Å². The summed E-state index contributed by atoms with van der Waals surface area (Å²) in [6.45, 7) is 0.646. The van der Waals surface area contributed by atoms with Crippen LogP contribution in [0.5, 0.6) is 0 Å². The van der Waals surface area contributed by atoms with Crippen LogP contribution < -0.4 is 5.32 Å². The van der Waals surface area contributed by atoms with Crippen LogP contribution in [0.1, 0.15) is 37.7 Å². The molecular formula is C19H27ClN2O3S. The summed E-state index contributed by atoms with van der Waals surface area (Å²) in [7, 11) is -3.46. The largest absolute Gasteiger partial charge is 0.355 e. The molecule has 0 saturated heterocycles. The molecule has 1 N–H and O–H groups in total. The molecule has 26 heavy (non-hydrogen) atoms. The zero-order valence-electron chi connectivity index (χ0n) is 15.2. The number of carbonyl (C=O) groups excluding carboxylic acids is 1. The Morgan fingerprint density at radius 1 is 1.27 bits per heavy atom. The predicted octanol–water partition coefficient (Wildman–Crippen LogP) is 3.15. The van der Waals surface area contributed by atoms with Gasteiger partial charge in [0.2, 0.25) is 15.9 Å². The standard InChI is InChI=1S/C19H27ClN2O3S/c1-26(24,25)22(13-11-17-8-5-9-18(20)14-17)15-19(23)21-12-10-16-6-3-2-4-7-16/h5-6,8-9,14H,2-4,7,10-13,15H2,1H3,(H,21,23). The van der Waals surface area contributed by atoms with Crippen LogP contribution in [0.25, 0.3) is 0 Å². The number of carbonyl (C=O) groups is 1. The molecular weight excluding hydrogens is 372 g/mol. The molecule has 5 nitrogen and oxygen atoms in total. The van der Waals surface area contributed by atoms with Gasteiger partial charge in [-0.3, -0.25) is 4.79 Å². The van der Waals surface area contributed by atoms with Crippen molar-refractivity contribution in [3.8, 4) is 0 Å². The Kier molecular flexibility index (Phi) is 8.13. The van der Waals surface area contributed by atoms with Crippen LogP contribution >= 0.6 is 11.6 Å². The first-order valence-electron chi connectivity index (χ1n) is 8.99. The molecule has 1 aromatic rings. The molecule has 0 bridgehead atoms. The lowest BCUT2D eigenvalue weighted by Crippen LogP contribution is -2.41. The zero-order valence-corrected chi connectivity index (χ0v) is 16.8. The van der Waals surface area contributed by atoms with Gasteiger partial charge in [0, 0.05) is 18.1 Å². The summed E-state index contributed by atoms with van der Waals surface area (Å²) in [5, 5.41) is 3.45. The molecule has 0 fully saturated rings. The summed E-state index contributed by atoms with van der Waals surface area (Å²) in [4.78, 5) is 12.1. The topological polar surface area (TPSA) is 66.5 Å². The second kappa shape index (κ2) is 10.1. The van der Waals surface area contributed by atoms with Gasteiger partial charge in [-0.2, -0.15) is 4.31 Å². The Balaban J connectivity index is 1.82. The minimum Gasteiger partial charge on any atom is -0.355 e. The van der Waals surface area contributed by atoms with Crippen molar-refractivity contribution >= 4 is 27.5 Å². The number of sulfonamides is 1. The fourth-order valence-electron chi connectivity index (χ4n) is 3.02. The number of nitrogens with one attached hydrogen (secondary N) is 1. The first-order chi connectivity index (χ1) is 12.3. The number of hydrogen-bond acceptors (Lipinski definition) is 3. The van der Waals surface area contributed by atoms with Gasteiger partial charge in [-0.05, 0) is 56.2 Å². The van der Waals surface area contributed by atoms with Crippen molar-refractivity contribution in [3.05, 3.63) is 46.5 Å². The summed E-state index contributed by atoms with van der Waals surface area (Å²) >= 11 is 5.96. The maximum absolute atomic E-state index is 12.1. The molecule has 1 aliphatic carbocycles. The number of nitrogens with zero attached hydrogens (tertiary/aromatic N) is 1. The highest BCUT2D eigenvalue weighted by molar-refractivity contribution is 7.88. The van der Waals surface area contributed by atoms with Gasteiger partial charge in [0.15, 0.2) is 0 Å². The quantitative estimate of drug-likeness (QED) is 0.650. The predicted molar refractivity (Wildman–Crippen MR) is 106 cm³/mol. The van der Waals surface area contributed by atoms with Crippen molar-refractivity contribution in [1.29, 1.82) is 0 Å². The summed E-state index contributed by atoms with van der Waals surface area (Å²) in [5.41, 5.74) is 2.33. The van der Waals surface area contributed by atoms with Gasteiger partial charge >= 0.3 is 0 Å². The molecule has 0 radical (unpaired) electrons. The van der Waals surface area contributed by atoms with Crippen molar-refractivity contribution in [2.24, 2.45) is 0 Å². The maximum Gasteiger partial charge on any atom is 0.235 e. The normalized spacial score (nSPS) is 15.0. The number of rotatable bonds is 9. The van der Waals surface area contributed by atoms with Crippen LogP contribution in [0, 0.1) is 0 Å². The van der Waals surface area contributed by atoms with Crippen LogP contribution in [-0.4, -0.2) is 44.5 Å². The maximum atomic E-state index is 12.1. The van der Waals surface area contributed by atoms with E-state index in [1.807, 2.05) is 12.1 Å². The van der Waals surface area contributed by atoms with E-state index in [1.54, 1.807) is 12.1 Å². The van der Waals surface area contributed by atoms with Gasteiger partial charge < -0.3 is 5.32 Å². The first-order valence-corrected chi connectivity index (χ1v) is 11.2. The number of benzene rings is 1. The molecule has 0 atom stereocenters. The molecule has 2 rings (SSSR count). The lowest BCUT2D eigenvalue weighted by atomic mass is 9.97. The highest BCUT2D eigenvalue weighted by Gasteiger charge is 2.20. The van der Waals surface area contributed by atoms with Crippen molar-refractivity contribution in [2.45, 2.75) is 38.5 Å². The molecule has 0 aromatic heterocycles. The summed E-state index contributed by atoms with van der Waals surface area (Å²) in [6.07, 6.45) is 9.41. The lowest BCUT2D eigenvalue weighted by molar-refractivity contribution is -0.121. The van der Waals surface area contributed by atoms with E-state index in [0.717, 1.165) is 31.1 Å². The van der Waals surface area contributed by atoms with Crippen molar-refractivity contribution < 1.29 is 13.2 Å². The molecule has 1 aliphatic rings. The first kappa shape index (κ1) is 20.9. The molecule has 0 saturated carbocycles. The molecule has 7 heteroatoms. The minimum atomic E-state index is -3.46. The van der Waals surface area contributed by atoms with E-state index in [1.165, 1.54) is 22.7 Å². The Morgan fingerprint density at radius 3 is 2.73 bits per heavy atom. The highest BCUT2D eigenvalue weighted by atomic mass is 35.5. The Morgan fingerprint density at radius 2 is 2.08 bits per heavy atom. The van der Waals surface area contributed by atoms with Gasteiger partial charge in [-0.15, -0.1) is 0 Å². The van der Waals surface area contributed by atoms with Crippen LogP contribution in [-0.2, 0) is 21.2 Å². The number of hydrogen-bond donors (Lipinski definition) is 1. The van der Waals surface area contributed by atoms with Gasteiger partial charge in [0.25, 0.3) is 0 Å². The fourth-order valence-corrected chi connectivity index (χ4v) is 4.01. The Bertz CT molecular complexity index is 747. The van der Waals surface area contributed by atoms with E-state index in [2.05, 4.69) is 11.4 Å². The lowest BCUT2D eigenvalue weighted by Gasteiger charge is -2.20. The summed E-state index contributed by atoms with van der Waals surface area (Å²) in [5.74, 6) is -0.266. The van der Waals surface area contributed by atoms with E-state index < -0.39 is 10.0 Å². The number of halogens is 1. The molecule has 0 aliphatic heterocycles. The monoisotopic (exact) mass is 398 g/mol. The smallest absolute Gasteiger partial charge is 0.235 e. The van der Waals surface area contributed by atoms with Crippen molar-refractivity contribution in [2.75, 3.05) is 25.9 Å². The average molecular weight is 399 g/mol. The SMILES string of the molecule is CS(=O)(=O)N(CCc1cccc(Cl)c1)CC(=O)NCCC1=CCCCC1. The van der Waals surface area contributed by atoms with Gasteiger partial charge in [0.1, 0.15) is 0 Å². The molecule has 1 aromatic carbocycles. The average Bonchev–Trinajstić information content (AvgIpc) is 2.58. The van der Waals surface area contributed by atoms with Gasteiger partial charge in [-0.25, -0.2) is 8.42 Å². The third-order valence-electron chi connectivity index (χ3n) is 4.48. The fraction of sp³-hybridized carbons (Fsp3) is 0.526. The van der Waals surface area contributed by atoms with Crippen molar-refractivity contribution in [1.82, 2.24) is 9.62 Å². The van der Waals surface area contributed by atoms with E-state index in [0.29, 0.717) is 18.0 Å². The minimum absolute atomic E-state index is 0.154. The highest BCUT2D eigenvalue weighted by Crippen LogP contribution is 2.19. The van der Waals surface area contributed by atoms with E-state index in [9.17, 15) is 13.2 Å². The van der Waals surface area contributed by atoms with Gasteiger partial charge in [0.05, 0.1) is 12.8 Å². The molecule has 1 amide bonds. The summed E-state index contributed by atoms with van der Waals surface area (Å²) in [6, 6.07) is 7.30. The van der Waals surface area contributed by atoms with E-state index in [-0.39, 0.29) is 19.0 Å². The third-order valence-corrected chi connectivity index (χ3v) is 5.97. The summed E-state index contributed by atoms with van der Waals surface area (Å²) < 4.78 is 25.2. The number of amides is 1. The second-order valence-corrected chi connectivity index (χ2v) is 9.10. The van der Waals surface area contributed by atoms with Crippen LogP contribution in [0.3, 0.4) is 0 Å². The van der Waals surface area contributed by atoms with Gasteiger partial charge in [-0.1, -0.05) is 35.4 Å². The zero-order chi connectivity index (χ0) is 19.0. The second-order valence-electron chi connectivity index (χ2n) is 6.68. The van der Waals surface area contributed by atoms with Crippen LogP contribution in [0.2, 0.25) is 5.02 Å². The number of allylic oxidation sites excluding steroid dienone is 1. The third kappa shape index (κ3) is 7.48. The molecule has 0 unspecified atom stereocenters.